The molecule has 3 aromatic rings. The Morgan fingerprint density at radius 1 is 1.20 bits per heavy atom. The highest BCUT2D eigenvalue weighted by Crippen LogP contribution is 2.26. The quantitative estimate of drug-likeness (QED) is 0.652. The summed E-state index contributed by atoms with van der Waals surface area (Å²) in [5, 5.41) is 12.4. The summed E-state index contributed by atoms with van der Waals surface area (Å²) in [6.07, 6.45) is 2.64. The second kappa shape index (κ2) is 7.66. The number of hydrogen-bond acceptors (Lipinski definition) is 6. The molecule has 1 aromatic carbocycles. The fourth-order valence-corrected chi connectivity index (χ4v) is 3.56. The molecule has 0 radical (unpaired) electrons. The summed E-state index contributed by atoms with van der Waals surface area (Å²) in [5.41, 5.74) is 2.56. The topological polar surface area (TPSA) is 89.9 Å². The van der Waals surface area contributed by atoms with Crippen molar-refractivity contribution in [3.05, 3.63) is 47.4 Å². The van der Waals surface area contributed by atoms with Crippen LogP contribution < -0.4 is 0 Å². The lowest BCUT2D eigenvalue weighted by Gasteiger charge is -2.20. The molecule has 0 bridgehead atoms. The number of aromatic nitrogens is 5. The van der Waals surface area contributed by atoms with Gasteiger partial charge in [0.15, 0.2) is 11.5 Å². The smallest absolute Gasteiger partial charge is 0.280 e. The summed E-state index contributed by atoms with van der Waals surface area (Å²) in [6.45, 7) is 11.8. The summed E-state index contributed by atoms with van der Waals surface area (Å²) in [7, 11) is 0. The van der Waals surface area contributed by atoms with E-state index in [0.717, 1.165) is 12.0 Å². The third-order valence-corrected chi connectivity index (χ3v) is 5.51. The van der Waals surface area contributed by atoms with Gasteiger partial charge in [0, 0.05) is 24.6 Å². The van der Waals surface area contributed by atoms with Crippen LogP contribution in [0, 0.1) is 0 Å². The number of benzene rings is 1. The maximum atomic E-state index is 12.9. The standard InChI is InChI=1S/C22H28N6O2/c1-14(2)19-23-20(30-25-19)18-13-28(26-24-18)17-10-11-27(12-17)21(29)15-6-8-16(9-7-15)22(3,4)5/h6-9,13-14,17H,10-12H2,1-5H3. The molecule has 0 N–H and O–H groups in total. The molecule has 30 heavy (non-hydrogen) atoms. The highest BCUT2D eigenvalue weighted by atomic mass is 16.5. The zero-order chi connectivity index (χ0) is 21.5. The first-order valence-corrected chi connectivity index (χ1v) is 10.4. The van der Waals surface area contributed by atoms with Crippen LogP contribution in [-0.2, 0) is 5.41 Å². The van der Waals surface area contributed by atoms with Crippen molar-refractivity contribution in [2.45, 2.75) is 58.4 Å². The first-order valence-electron chi connectivity index (χ1n) is 10.4. The third kappa shape index (κ3) is 3.99. The Hall–Kier alpha value is -3.03. The number of amides is 1. The second-order valence-electron chi connectivity index (χ2n) is 9.22. The van der Waals surface area contributed by atoms with Gasteiger partial charge >= 0.3 is 0 Å². The van der Waals surface area contributed by atoms with Crippen LogP contribution >= 0.6 is 0 Å². The van der Waals surface area contributed by atoms with Crippen molar-refractivity contribution < 1.29 is 9.32 Å². The minimum Gasteiger partial charge on any atom is -0.336 e. The Balaban J connectivity index is 1.43. The van der Waals surface area contributed by atoms with Crippen molar-refractivity contribution in [3.8, 4) is 11.6 Å². The Labute approximate surface area is 176 Å². The molecule has 1 unspecified atom stereocenters. The molecule has 1 aliphatic heterocycles. The summed E-state index contributed by atoms with van der Waals surface area (Å²) in [4.78, 5) is 19.2. The van der Waals surface area contributed by atoms with Gasteiger partial charge in [-0.1, -0.05) is 57.1 Å². The Morgan fingerprint density at radius 2 is 1.93 bits per heavy atom. The van der Waals surface area contributed by atoms with Crippen molar-refractivity contribution >= 4 is 5.91 Å². The highest BCUT2D eigenvalue weighted by molar-refractivity contribution is 5.94. The monoisotopic (exact) mass is 408 g/mol. The van der Waals surface area contributed by atoms with E-state index in [1.807, 2.05) is 49.2 Å². The van der Waals surface area contributed by atoms with Gasteiger partial charge < -0.3 is 9.42 Å². The molecule has 0 saturated carbocycles. The molecule has 1 aliphatic rings. The van der Waals surface area contributed by atoms with Gasteiger partial charge in [0.2, 0.25) is 0 Å². The minimum atomic E-state index is 0.0526. The molecule has 0 spiro atoms. The largest absolute Gasteiger partial charge is 0.336 e. The highest BCUT2D eigenvalue weighted by Gasteiger charge is 2.29. The Morgan fingerprint density at radius 3 is 2.57 bits per heavy atom. The van der Waals surface area contributed by atoms with Gasteiger partial charge in [-0.05, 0) is 29.5 Å². The van der Waals surface area contributed by atoms with Crippen LogP contribution in [0.2, 0.25) is 0 Å². The Kier molecular flexibility index (Phi) is 5.17. The van der Waals surface area contributed by atoms with Gasteiger partial charge in [-0.15, -0.1) is 5.10 Å². The van der Waals surface area contributed by atoms with Gasteiger partial charge in [0.1, 0.15) is 0 Å². The van der Waals surface area contributed by atoms with Crippen LogP contribution in [0.15, 0.2) is 35.0 Å². The van der Waals surface area contributed by atoms with E-state index in [9.17, 15) is 4.79 Å². The average Bonchev–Trinajstić information content (AvgIpc) is 3.46. The average molecular weight is 409 g/mol. The molecular formula is C22H28N6O2. The van der Waals surface area contributed by atoms with E-state index < -0.39 is 0 Å². The van der Waals surface area contributed by atoms with E-state index >= 15 is 0 Å². The predicted octanol–water partition coefficient (Wildman–Crippen LogP) is 3.84. The van der Waals surface area contributed by atoms with Crippen LogP contribution in [0.5, 0.6) is 0 Å². The third-order valence-electron chi connectivity index (χ3n) is 5.51. The van der Waals surface area contributed by atoms with Gasteiger partial charge in [0.05, 0.1) is 12.2 Å². The van der Waals surface area contributed by atoms with Crippen LogP contribution in [-0.4, -0.2) is 49.0 Å². The summed E-state index contributed by atoms with van der Waals surface area (Å²) in [6, 6.07) is 8.01. The van der Waals surface area contributed by atoms with Crippen LogP contribution in [0.1, 0.15) is 74.7 Å². The van der Waals surface area contributed by atoms with Crippen LogP contribution in [0.4, 0.5) is 0 Å². The SMILES string of the molecule is CC(C)c1noc(-c2cn(C3CCN(C(=O)c4ccc(C(C)(C)C)cc4)C3)nn2)n1. The lowest BCUT2D eigenvalue weighted by molar-refractivity contribution is 0.0787. The summed E-state index contributed by atoms with van der Waals surface area (Å²) < 4.78 is 7.09. The minimum absolute atomic E-state index is 0.0526. The molecule has 0 aliphatic carbocycles. The fraction of sp³-hybridized carbons (Fsp3) is 0.500. The fourth-order valence-electron chi connectivity index (χ4n) is 3.56. The zero-order valence-electron chi connectivity index (χ0n) is 18.2. The molecule has 1 amide bonds. The zero-order valence-corrected chi connectivity index (χ0v) is 18.2. The summed E-state index contributed by atoms with van der Waals surface area (Å²) in [5.74, 6) is 1.26. The van der Waals surface area contributed by atoms with E-state index in [-0.39, 0.29) is 23.3 Å². The summed E-state index contributed by atoms with van der Waals surface area (Å²) >= 11 is 0. The normalized spacial score (nSPS) is 17.1. The molecule has 1 atom stereocenters. The van der Waals surface area contributed by atoms with Gasteiger partial charge in [-0.2, -0.15) is 4.98 Å². The second-order valence-corrected chi connectivity index (χ2v) is 9.22. The lowest BCUT2D eigenvalue weighted by Crippen LogP contribution is -2.29. The molecule has 3 heterocycles. The number of carbonyl (C=O) groups is 1. The molecule has 8 heteroatoms. The number of likely N-dealkylation sites (tertiary alicyclic amines) is 1. The van der Waals surface area contributed by atoms with Crippen LogP contribution in [0.3, 0.4) is 0 Å². The number of rotatable bonds is 4. The maximum Gasteiger partial charge on any atom is 0.280 e. The number of nitrogens with zero attached hydrogens (tertiary/aromatic N) is 6. The molecular weight excluding hydrogens is 380 g/mol. The van der Waals surface area contributed by atoms with E-state index in [2.05, 4.69) is 41.2 Å². The van der Waals surface area contributed by atoms with E-state index in [1.165, 1.54) is 5.56 Å². The van der Waals surface area contributed by atoms with Crippen molar-refractivity contribution in [1.82, 2.24) is 30.0 Å². The number of carbonyl (C=O) groups excluding carboxylic acids is 1. The van der Waals surface area contributed by atoms with Gasteiger partial charge in [-0.25, -0.2) is 4.68 Å². The molecule has 8 nitrogen and oxygen atoms in total. The van der Waals surface area contributed by atoms with Crippen molar-refractivity contribution in [3.63, 3.8) is 0 Å². The van der Waals surface area contributed by atoms with Gasteiger partial charge in [-0.3, -0.25) is 4.79 Å². The molecule has 1 saturated heterocycles. The first kappa shape index (κ1) is 20.3. The van der Waals surface area contributed by atoms with Crippen molar-refractivity contribution in [1.29, 1.82) is 0 Å². The van der Waals surface area contributed by atoms with E-state index in [0.29, 0.717) is 30.5 Å². The van der Waals surface area contributed by atoms with Crippen molar-refractivity contribution in [2.24, 2.45) is 0 Å². The maximum absolute atomic E-state index is 12.9. The van der Waals surface area contributed by atoms with Crippen LogP contribution in [0.25, 0.3) is 11.6 Å². The molecule has 158 valence electrons. The van der Waals surface area contributed by atoms with E-state index in [1.54, 1.807) is 4.68 Å². The first-order chi connectivity index (χ1) is 14.2. The van der Waals surface area contributed by atoms with E-state index in [4.69, 9.17) is 4.52 Å². The Bertz CT molecular complexity index is 1030. The molecule has 4 rings (SSSR count). The predicted molar refractivity (Wildman–Crippen MR) is 112 cm³/mol. The van der Waals surface area contributed by atoms with Gasteiger partial charge in [0.25, 0.3) is 11.8 Å². The molecule has 2 aromatic heterocycles. The van der Waals surface area contributed by atoms with Crippen molar-refractivity contribution in [2.75, 3.05) is 13.1 Å². The molecule has 1 fully saturated rings. The lowest BCUT2D eigenvalue weighted by atomic mass is 9.86. The number of hydrogen-bond donors (Lipinski definition) is 0.